The highest BCUT2D eigenvalue weighted by Crippen LogP contribution is 2.47. The largest absolute Gasteiger partial charge is 0.325 e. The first-order valence-electron chi connectivity index (χ1n) is 8.98. The number of nitriles is 1. The monoisotopic (exact) mass is 361 g/mol. The van der Waals surface area contributed by atoms with Crippen molar-refractivity contribution in [3.8, 4) is 6.07 Å². The number of rotatable bonds is 4. The van der Waals surface area contributed by atoms with Crippen LogP contribution >= 0.6 is 0 Å². The lowest BCUT2D eigenvalue weighted by molar-refractivity contribution is -0.131. The van der Waals surface area contributed by atoms with Crippen LogP contribution in [0.15, 0.2) is 48.5 Å². The molecule has 0 atom stereocenters. The minimum atomic E-state index is -1.02. The third-order valence-corrected chi connectivity index (χ3v) is 4.90. The van der Waals surface area contributed by atoms with Crippen molar-refractivity contribution >= 4 is 23.2 Å². The van der Waals surface area contributed by atoms with Gasteiger partial charge >= 0.3 is 0 Å². The predicted octanol–water partition coefficient (Wildman–Crippen LogP) is 4.21. The molecule has 0 saturated heterocycles. The molecule has 2 N–H and O–H groups in total. The first kappa shape index (κ1) is 18.7. The summed E-state index contributed by atoms with van der Waals surface area (Å²) in [5.74, 6) is -0.590. The summed E-state index contributed by atoms with van der Waals surface area (Å²) in [7, 11) is 0. The molecule has 5 nitrogen and oxygen atoms in total. The Kier molecular flexibility index (Phi) is 4.75. The number of amides is 2. The van der Waals surface area contributed by atoms with Gasteiger partial charge in [-0.3, -0.25) is 9.59 Å². The summed E-state index contributed by atoms with van der Waals surface area (Å²) in [5, 5.41) is 14.5. The van der Waals surface area contributed by atoms with Gasteiger partial charge < -0.3 is 10.6 Å². The zero-order valence-corrected chi connectivity index (χ0v) is 15.8. The highest BCUT2D eigenvalue weighted by Gasteiger charge is 2.56. The third kappa shape index (κ3) is 4.01. The SMILES string of the molecule is CC(C)(C)c1ccc(NC(=O)C2(C(=O)Nc3ccc(C#N)cc3)CC2)cc1. The maximum absolute atomic E-state index is 12.7. The second-order valence-corrected chi connectivity index (χ2v) is 8.01. The molecule has 2 amide bonds. The van der Waals surface area contributed by atoms with Crippen molar-refractivity contribution in [3.05, 3.63) is 59.7 Å². The van der Waals surface area contributed by atoms with Gasteiger partial charge in [-0.15, -0.1) is 0 Å². The van der Waals surface area contributed by atoms with Crippen molar-refractivity contribution in [1.82, 2.24) is 0 Å². The van der Waals surface area contributed by atoms with Gasteiger partial charge in [0.1, 0.15) is 5.41 Å². The quantitative estimate of drug-likeness (QED) is 0.800. The topological polar surface area (TPSA) is 82.0 Å². The number of anilines is 2. The molecule has 0 unspecified atom stereocenters. The molecular weight excluding hydrogens is 338 g/mol. The number of nitrogens with zero attached hydrogens (tertiary/aromatic N) is 1. The van der Waals surface area contributed by atoms with E-state index in [1.54, 1.807) is 24.3 Å². The molecule has 1 aliphatic rings. The van der Waals surface area contributed by atoms with Gasteiger partial charge in [0.25, 0.3) is 0 Å². The Balaban J connectivity index is 1.66. The molecule has 2 aromatic carbocycles. The van der Waals surface area contributed by atoms with Gasteiger partial charge in [-0.1, -0.05) is 32.9 Å². The van der Waals surface area contributed by atoms with E-state index in [0.717, 1.165) is 0 Å². The fourth-order valence-corrected chi connectivity index (χ4v) is 2.87. The van der Waals surface area contributed by atoms with Crippen molar-refractivity contribution < 1.29 is 9.59 Å². The van der Waals surface area contributed by atoms with Crippen molar-refractivity contribution in [2.45, 2.75) is 39.0 Å². The Morgan fingerprint density at radius 2 is 1.33 bits per heavy atom. The van der Waals surface area contributed by atoms with E-state index in [2.05, 4.69) is 31.4 Å². The summed E-state index contributed by atoms with van der Waals surface area (Å²) < 4.78 is 0. The van der Waals surface area contributed by atoms with Crippen LogP contribution in [0.5, 0.6) is 0 Å². The zero-order valence-electron chi connectivity index (χ0n) is 15.8. The van der Waals surface area contributed by atoms with Gasteiger partial charge in [-0.05, 0) is 60.2 Å². The fourth-order valence-electron chi connectivity index (χ4n) is 2.87. The number of hydrogen-bond acceptors (Lipinski definition) is 3. The van der Waals surface area contributed by atoms with Gasteiger partial charge in [-0.25, -0.2) is 0 Å². The van der Waals surface area contributed by atoms with Crippen LogP contribution in [0.3, 0.4) is 0 Å². The van der Waals surface area contributed by atoms with Gasteiger partial charge in [-0.2, -0.15) is 5.26 Å². The molecule has 0 radical (unpaired) electrons. The molecule has 0 spiro atoms. The molecule has 138 valence electrons. The molecule has 0 aliphatic heterocycles. The molecule has 0 heterocycles. The van der Waals surface area contributed by atoms with Gasteiger partial charge in [0.2, 0.25) is 11.8 Å². The lowest BCUT2D eigenvalue weighted by Crippen LogP contribution is -2.35. The van der Waals surface area contributed by atoms with Crippen LogP contribution in [0.1, 0.15) is 44.7 Å². The van der Waals surface area contributed by atoms with Crippen molar-refractivity contribution in [1.29, 1.82) is 5.26 Å². The average molecular weight is 361 g/mol. The minimum Gasteiger partial charge on any atom is -0.325 e. The summed E-state index contributed by atoms with van der Waals surface area (Å²) >= 11 is 0. The van der Waals surface area contributed by atoms with Crippen LogP contribution in [0, 0.1) is 16.7 Å². The summed E-state index contributed by atoms with van der Waals surface area (Å²) in [5.41, 5.74) is 1.99. The molecule has 1 saturated carbocycles. The summed E-state index contributed by atoms with van der Waals surface area (Å²) in [6.07, 6.45) is 1.06. The van der Waals surface area contributed by atoms with Crippen LogP contribution < -0.4 is 10.6 Å². The van der Waals surface area contributed by atoms with E-state index >= 15 is 0 Å². The number of nitrogens with one attached hydrogen (secondary N) is 2. The lowest BCUT2D eigenvalue weighted by Gasteiger charge is -2.20. The molecule has 27 heavy (non-hydrogen) atoms. The molecular formula is C22H23N3O2. The van der Waals surface area contributed by atoms with Crippen LogP contribution in [0.2, 0.25) is 0 Å². The van der Waals surface area contributed by atoms with Gasteiger partial charge in [0.15, 0.2) is 0 Å². The number of carbonyl (C=O) groups excluding carboxylic acids is 2. The Hall–Kier alpha value is -3.13. The van der Waals surface area contributed by atoms with E-state index < -0.39 is 5.41 Å². The first-order valence-corrected chi connectivity index (χ1v) is 8.98. The summed E-state index contributed by atoms with van der Waals surface area (Å²) in [4.78, 5) is 25.3. The standard InChI is InChI=1S/C22H23N3O2/c1-21(2,3)16-6-10-18(11-7-16)25-20(27)22(12-13-22)19(26)24-17-8-4-15(14-23)5-9-17/h4-11H,12-13H2,1-3H3,(H,24,26)(H,25,27). The van der Waals surface area contributed by atoms with Crippen LogP contribution in [-0.4, -0.2) is 11.8 Å². The van der Waals surface area contributed by atoms with Gasteiger partial charge in [0, 0.05) is 11.4 Å². The van der Waals surface area contributed by atoms with E-state index in [4.69, 9.17) is 5.26 Å². The third-order valence-electron chi connectivity index (χ3n) is 4.90. The minimum absolute atomic E-state index is 0.0429. The van der Waals surface area contributed by atoms with E-state index in [1.807, 2.05) is 30.3 Å². The van der Waals surface area contributed by atoms with Crippen molar-refractivity contribution in [2.75, 3.05) is 10.6 Å². The number of carbonyl (C=O) groups is 2. The number of benzene rings is 2. The Bertz CT molecular complexity index is 897. The van der Waals surface area contributed by atoms with Gasteiger partial charge in [0.05, 0.1) is 11.6 Å². The second-order valence-electron chi connectivity index (χ2n) is 8.01. The van der Waals surface area contributed by atoms with E-state index in [1.165, 1.54) is 5.56 Å². The highest BCUT2D eigenvalue weighted by atomic mass is 16.2. The van der Waals surface area contributed by atoms with Crippen molar-refractivity contribution in [3.63, 3.8) is 0 Å². The molecule has 2 aromatic rings. The summed E-state index contributed by atoms with van der Waals surface area (Å²) in [6, 6.07) is 16.3. The predicted molar refractivity (Wildman–Crippen MR) is 105 cm³/mol. The first-order chi connectivity index (χ1) is 12.7. The fraction of sp³-hybridized carbons (Fsp3) is 0.318. The normalized spacial score (nSPS) is 14.7. The average Bonchev–Trinajstić information content (AvgIpc) is 3.44. The Morgan fingerprint density at radius 1 is 0.889 bits per heavy atom. The lowest BCUT2D eigenvalue weighted by atomic mass is 9.87. The molecule has 1 fully saturated rings. The number of hydrogen-bond donors (Lipinski definition) is 2. The van der Waals surface area contributed by atoms with E-state index in [9.17, 15) is 9.59 Å². The summed E-state index contributed by atoms with van der Waals surface area (Å²) in [6.45, 7) is 6.40. The van der Waals surface area contributed by atoms with Crippen LogP contribution in [-0.2, 0) is 15.0 Å². The maximum atomic E-state index is 12.7. The smallest absolute Gasteiger partial charge is 0.240 e. The highest BCUT2D eigenvalue weighted by molar-refractivity contribution is 6.16. The molecule has 1 aliphatic carbocycles. The molecule has 0 bridgehead atoms. The second kappa shape index (κ2) is 6.88. The Morgan fingerprint density at radius 3 is 1.70 bits per heavy atom. The zero-order chi connectivity index (χ0) is 19.7. The van der Waals surface area contributed by atoms with Crippen LogP contribution in [0.4, 0.5) is 11.4 Å². The van der Waals surface area contributed by atoms with E-state index in [0.29, 0.717) is 29.8 Å². The van der Waals surface area contributed by atoms with Crippen molar-refractivity contribution in [2.24, 2.45) is 5.41 Å². The van der Waals surface area contributed by atoms with E-state index in [-0.39, 0.29) is 17.2 Å². The molecule has 5 heteroatoms. The maximum Gasteiger partial charge on any atom is 0.240 e. The Labute approximate surface area is 159 Å². The molecule has 3 rings (SSSR count). The molecule has 0 aromatic heterocycles. The van der Waals surface area contributed by atoms with Crippen LogP contribution in [0.25, 0.3) is 0 Å².